The molecule has 2 unspecified atom stereocenters. The number of rotatable bonds is 4. The summed E-state index contributed by atoms with van der Waals surface area (Å²) in [5.74, 6) is 1.43. The standard InChI is InChI=1S/C16H23NO2/c1-3-11-7-4-5-8-12(11)16(18)13-9-6-10-14(19-2)15(13)17/h6,9-12H,3-5,7-8,17H2,1-2H3. The fourth-order valence-corrected chi connectivity index (χ4v) is 3.18. The van der Waals surface area contributed by atoms with E-state index in [0.29, 0.717) is 22.9 Å². The van der Waals surface area contributed by atoms with Crippen molar-refractivity contribution in [1.29, 1.82) is 0 Å². The van der Waals surface area contributed by atoms with Crippen molar-refractivity contribution in [3.05, 3.63) is 23.8 Å². The summed E-state index contributed by atoms with van der Waals surface area (Å²) in [6.45, 7) is 2.17. The molecule has 0 heterocycles. The predicted molar refractivity (Wildman–Crippen MR) is 77.5 cm³/mol. The summed E-state index contributed by atoms with van der Waals surface area (Å²) in [7, 11) is 1.58. The van der Waals surface area contributed by atoms with E-state index >= 15 is 0 Å². The molecule has 1 aliphatic carbocycles. The van der Waals surface area contributed by atoms with Crippen LogP contribution < -0.4 is 10.5 Å². The Hall–Kier alpha value is -1.51. The van der Waals surface area contributed by atoms with Crippen LogP contribution in [0.5, 0.6) is 5.75 Å². The highest BCUT2D eigenvalue weighted by Gasteiger charge is 2.31. The van der Waals surface area contributed by atoms with Gasteiger partial charge in [0.25, 0.3) is 0 Å². The molecule has 1 saturated carbocycles. The maximum atomic E-state index is 12.7. The third-order valence-electron chi connectivity index (χ3n) is 4.32. The van der Waals surface area contributed by atoms with Gasteiger partial charge in [0.2, 0.25) is 0 Å². The minimum Gasteiger partial charge on any atom is -0.495 e. The van der Waals surface area contributed by atoms with E-state index in [0.717, 1.165) is 25.7 Å². The summed E-state index contributed by atoms with van der Waals surface area (Å²) in [6, 6.07) is 5.46. The van der Waals surface area contributed by atoms with Crippen LogP contribution in [0.4, 0.5) is 5.69 Å². The van der Waals surface area contributed by atoms with E-state index in [-0.39, 0.29) is 11.7 Å². The number of nitrogens with two attached hydrogens (primary N) is 1. The highest BCUT2D eigenvalue weighted by atomic mass is 16.5. The molecule has 104 valence electrons. The van der Waals surface area contributed by atoms with Crippen LogP contribution in [-0.4, -0.2) is 12.9 Å². The number of benzene rings is 1. The number of hydrogen-bond donors (Lipinski definition) is 1. The van der Waals surface area contributed by atoms with Crippen LogP contribution in [0.1, 0.15) is 49.4 Å². The summed E-state index contributed by atoms with van der Waals surface area (Å²) in [6.07, 6.45) is 5.62. The topological polar surface area (TPSA) is 52.3 Å². The van der Waals surface area contributed by atoms with Gasteiger partial charge in [-0.3, -0.25) is 4.79 Å². The number of carbonyl (C=O) groups excluding carboxylic acids is 1. The van der Waals surface area contributed by atoms with Crippen LogP contribution in [-0.2, 0) is 0 Å². The molecule has 0 saturated heterocycles. The first kappa shape index (κ1) is 13.9. The number of ketones is 1. The van der Waals surface area contributed by atoms with Gasteiger partial charge in [0, 0.05) is 11.5 Å². The summed E-state index contributed by atoms with van der Waals surface area (Å²) in [5, 5.41) is 0. The minimum atomic E-state index is 0.133. The van der Waals surface area contributed by atoms with Crippen molar-refractivity contribution < 1.29 is 9.53 Å². The van der Waals surface area contributed by atoms with E-state index in [1.807, 2.05) is 12.1 Å². The molecule has 3 nitrogen and oxygen atoms in total. The van der Waals surface area contributed by atoms with Gasteiger partial charge in [-0.05, 0) is 30.9 Å². The maximum Gasteiger partial charge on any atom is 0.168 e. The van der Waals surface area contributed by atoms with E-state index < -0.39 is 0 Å². The van der Waals surface area contributed by atoms with Crippen LogP contribution >= 0.6 is 0 Å². The van der Waals surface area contributed by atoms with E-state index in [1.165, 1.54) is 6.42 Å². The first-order valence-electron chi connectivity index (χ1n) is 7.15. The molecule has 2 N–H and O–H groups in total. The number of ether oxygens (including phenoxy) is 1. The fraction of sp³-hybridized carbons (Fsp3) is 0.562. The molecule has 1 aromatic carbocycles. The molecule has 2 atom stereocenters. The van der Waals surface area contributed by atoms with Crippen molar-refractivity contribution >= 4 is 11.5 Å². The van der Waals surface area contributed by atoms with Gasteiger partial charge in [0.05, 0.1) is 12.8 Å². The summed E-state index contributed by atoms with van der Waals surface area (Å²) in [5.41, 5.74) is 7.15. The molecule has 0 radical (unpaired) electrons. The van der Waals surface area contributed by atoms with Gasteiger partial charge in [-0.1, -0.05) is 32.3 Å². The van der Waals surface area contributed by atoms with Crippen molar-refractivity contribution in [3.8, 4) is 5.75 Å². The quantitative estimate of drug-likeness (QED) is 0.664. The molecule has 0 spiro atoms. The summed E-state index contributed by atoms with van der Waals surface area (Å²) < 4.78 is 5.20. The lowest BCUT2D eigenvalue weighted by Crippen LogP contribution is -2.27. The molecular weight excluding hydrogens is 238 g/mol. The smallest absolute Gasteiger partial charge is 0.168 e. The van der Waals surface area contributed by atoms with Gasteiger partial charge in [-0.15, -0.1) is 0 Å². The van der Waals surface area contributed by atoms with E-state index in [9.17, 15) is 4.79 Å². The third kappa shape index (κ3) is 2.75. The number of methoxy groups -OCH3 is 1. The lowest BCUT2D eigenvalue weighted by atomic mass is 9.74. The average molecular weight is 261 g/mol. The number of Topliss-reactive ketones (excluding diaryl/α,β-unsaturated/α-hetero) is 1. The number of nitrogen functional groups attached to an aromatic ring is 1. The Morgan fingerprint density at radius 3 is 2.79 bits per heavy atom. The van der Waals surface area contributed by atoms with Gasteiger partial charge >= 0.3 is 0 Å². The normalized spacial score (nSPS) is 23.1. The highest BCUT2D eigenvalue weighted by Crippen LogP contribution is 2.36. The van der Waals surface area contributed by atoms with Crippen LogP contribution in [0.2, 0.25) is 0 Å². The summed E-state index contributed by atoms with van der Waals surface area (Å²) in [4.78, 5) is 12.7. The van der Waals surface area contributed by atoms with Crippen LogP contribution in [0, 0.1) is 11.8 Å². The second kappa shape index (κ2) is 6.09. The van der Waals surface area contributed by atoms with Crippen LogP contribution in [0.3, 0.4) is 0 Å². The highest BCUT2D eigenvalue weighted by molar-refractivity contribution is 6.03. The zero-order chi connectivity index (χ0) is 13.8. The monoisotopic (exact) mass is 261 g/mol. The molecule has 2 rings (SSSR count). The second-order valence-corrected chi connectivity index (χ2v) is 5.35. The van der Waals surface area contributed by atoms with Crippen LogP contribution in [0.15, 0.2) is 18.2 Å². The SMILES string of the molecule is CCC1CCCCC1C(=O)c1cccc(OC)c1N. The Morgan fingerprint density at radius 1 is 1.37 bits per heavy atom. The van der Waals surface area contributed by atoms with Gasteiger partial charge in [0.1, 0.15) is 5.75 Å². The Labute approximate surface area is 115 Å². The lowest BCUT2D eigenvalue weighted by molar-refractivity contribution is 0.0821. The zero-order valence-corrected chi connectivity index (χ0v) is 11.8. The molecule has 0 aromatic heterocycles. The molecule has 3 heteroatoms. The van der Waals surface area contributed by atoms with E-state index in [1.54, 1.807) is 13.2 Å². The summed E-state index contributed by atoms with van der Waals surface area (Å²) >= 11 is 0. The number of para-hydroxylation sites is 1. The van der Waals surface area contributed by atoms with Gasteiger partial charge < -0.3 is 10.5 Å². The number of anilines is 1. The first-order valence-corrected chi connectivity index (χ1v) is 7.15. The zero-order valence-electron chi connectivity index (χ0n) is 11.8. The number of hydrogen-bond acceptors (Lipinski definition) is 3. The van der Waals surface area contributed by atoms with E-state index in [2.05, 4.69) is 6.92 Å². The van der Waals surface area contributed by atoms with Crippen molar-refractivity contribution in [2.24, 2.45) is 11.8 Å². The van der Waals surface area contributed by atoms with Gasteiger partial charge in [0.15, 0.2) is 5.78 Å². The average Bonchev–Trinajstić information content (AvgIpc) is 2.46. The Balaban J connectivity index is 2.28. The Kier molecular flexibility index (Phi) is 4.46. The molecule has 19 heavy (non-hydrogen) atoms. The van der Waals surface area contributed by atoms with E-state index in [4.69, 9.17) is 10.5 Å². The van der Waals surface area contributed by atoms with Crippen molar-refractivity contribution in [3.63, 3.8) is 0 Å². The molecule has 1 aromatic rings. The molecule has 0 aliphatic heterocycles. The number of carbonyl (C=O) groups is 1. The Morgan fingerprint density at radius 2 is 2.11 bits per heavy atom. The maximum absolute atomic E-state index is 12.7. The Bertz CT molecular complexity index is 456. The van der Waals surface area contributed by atoms with Gasteiger partial charge in [-0.25, -0.2) is 0 Å². The molecule has 1 aliphatic rings. The third-order valence-corrected chi connectivity index (χ3v) is 4.32. The van der Waals surface area contributed by atoms with Crippen LogP contribution in [0.25, 0.3) is 0 Å². The minimum absolute atomic E-state index is 0.133. The molecule has 0 amide bonds. The predicted octanol–water partition coefficient (Wildman–Crippen LogP) is 3.68. The second-order valence-electron chi connectivity index (χ2n) is 5.35. The first-order chi connectivity index (χ1) is 9.19. The molecule has 1 fully saturated rings. The lowest BCUT2D eigenvalue weighted by Gasteiger charge is -2.30. The molecule has 0 bridgehead atoms. The van der Waals surface area contributed by atoms with Crippen molar-refractivity contribution in [2.45, 2.75) is 39.0 Å². The molecular formula is C16H23NO2. The fourth-order valence-electron chi connectivity index (χ4n) is 3.18. The largest absolute Gasteiger partial charge is 0.495 e. The van der Waals surface area contributed by atoms with Gasteiger partial charge in [-0.2, -0.15) is 0 Å². The van der Waals surface area contributed by atoms with Crippen molar-refractivity contribution in [2.75, 3.05) is 12.8 Å². The van der Waals surface area contributed by atoms with Crippen molar-refractivity contribution in [1.82, 2.24) is 0 Å².